The van der Waals surface area contributed by atoms with E-state index in [1.807, 2.05) is 0 Å². The van der Waals surface area contributed by atoms with Crippen LogP contribution in [-0.2, 0) is 21.7 Å². The third-order valence-electron chi connectivity index (χ3n) is 24.6. The highest BCUT2D eigenvalue weighted by molar-refractivity contribution is 7.00. The molecule has 0 bridgehead atoms. The van der Waals surface area contributed by atoms with Crippen molar-refractivity contribution in [3.05, 3.63) is 380 Å². The predicted molar refractivity (Wildman–Crippen MR) is 503 cm³/mol. The summed E-state index contributed by atoms with van der Waals surface area (Å²) in [5.74, 6) is 3.15. The molecule has 4 heterocycles. The molecule has 578 valence electrons. The van der Waals surface area contributed by atoms with Crippen LogP contribution in [0, 0.1) is 0 Å². The van der Waals surface area contributed by atoms with E-state index < -0.39 is 0 Å². The minimum absolute atomic E-state index is 0.0896. The monoisotopic (exact) mass is 1540 g/mol. The molecule has 0 atom stereocenters. The molecule has 4 aliphatic rings. The fourth-order valence-corrected chi connectivity index (χ4v) is 18.3. The van der Waals surface area contributed by atoms with Gasteiger partial charge < -0.3 is 29.1 Å². The van der Waals surface area contributed by atoms with Gasteiger partial charge in [-0.25, -0.2) is 0 Å². The van der Waals surface area contributed by atoms with E-state index in [0.717, 1.165) is 169 Å². The quantitative estimate of drug-likeness (QED) is 0.120. The van der Waals surface area contributed by atoms with Crippen molar-refractivity contribution in [2.24, 2.45) is 0 Å². The second-order valence-electron chi connectivity index (χ2n) is 36.5. The van der Waals surface area contributed by atoms with Crippen LogP contribution in [0.4, 0.5) is 68.2 Å². The fraction of sp³-hybridized carbons (Fsp3) is 0.143. The molecule has 119 heavy (non-hydrogen) atoms. The molecule has 20 rings (SSSR count). The van der Waals surface area contributed by atoms with Crippen LogP contribution in [0.3, 0.4) is 0 Å². The number of rotatable bonds is 11. The Hall–Kier alpha value is -13.6. The number of para-hydroxylation sites is 10. The first kappa shape index (κ1) is 74.2. The maximum absolute atomic E-state index is 6.85. The number of anilines is 12. The molecule has 0 fully saturated rings. The molecular weight excluding hydrogens is 1440 g/mol. The summed E-state index contributed by atoms with van der Waals surface area (Å²) in [5, 5.41) is 0. The molecule has 0 aliphatic carbocycles. The normalized spacial score (nSPS) is 13.3. The zero-order valence-corrected chi connectivity index (χ0v) is 69.7. The summed E-state index contributed by atoms with van der Waals surface area (Å²) in [6.45, 7) is 27.7. The number of nitrogens with zero attached hydrogens (tertiary/aromatic N) is 4. The van der Waals surface area contributed by atoms with Gasteiger partial charge in [0.25, 0.3) is 6.71 Å². The minimum atomic E-state index is -0.343. The number of ether oxygens (including phenoxy) is 2. The molecule has 4 aliphatic heterocycles. The zero-order valence-electron chi connectivity index (χ0n) is 69.7. The highest BCUT2D eigenvalue weighted by Crippen LogP contribution is 2.59. The summed E-state index contributed by atoms with van der Waals surface area (Å²) in [5.41, 5.74) is 36.3. The van der Waals surface area contributed by atoms with Crippen molar-refractivity contribution in [1.82, 2.24) is 0 Å². The van der Waals surface area contributed by atoms with E-state index >= 15 is 0 Å². The maximum atomic E-state index is 6.85. The van der Waals surface area contributed by atoms with Crippen LogP contribution in [0.5, 0.6) is 23.0 Å². The van der Waals surface area contributed by atoms with Gasteiger partial charge in [-0.15, -0.1) is 0 Å². The largest absolute Gasteiger partial charge is 0.453 e. The van der Waals surface area contributed by atoms with E-state index in [-0.39, 0.29) is 28.4 Å². The lowest BCUT2D eigenvalue weighted by Crippen LogP contribution is -2.61. The zero-order chi connectivity index (χ0) is 81.4. The van der Waals surface area contributed by atoms with Gasteiger partial charge in [-0.1, -0.05) is 344 Å². The number of hydrogen-bond acceptors (Lipinski definition) is 6. The van der Waals surface area contributed by atoms with E-state index in [1.165, 1.54) is 38.8 Å². The van der Waals surface area contributed by atoms with Crippen LogP contribution in [0.2, 0.25) is 0 Å². The second-order valence-corrected chi connectivity index (χ2v) is 36.5. The van der Waals surface area contributed by atoms with Gasteiger partial charge in [-0.2, -0.15) is 0 Å². The molecule has 6 nitrogen and oxygen atoms in total. The van der Waals surface area contributed by atoms with Gasteiger partial charge in [0.15, 0.2) is 23.0 Å². The summed E-state index contributed by atoms with van der Waals surface area (Å²) in [7, 11) is 0. The average Bonchev–Trinajstić information content (AvgIpc) is 0.684. The molecule has 0 N–H and O–H groups in total. The molecule has 0 spiro atoms. The molecule has 0 radical (unpaired) electrons. The van der Waals surface area contributed by atoms with Gasteiger partial charge >= 0.3 is 0 Å². The van der Waals surface area contributed by atoms with Crippen molar-refractivity contribution in [2.45, 2.75) is 105 Å². The fourth-order valence-electron chi connectivity index (χ4n) is 18.3. The van der Waals surface area contributed by atoms with Gasteiger partial charge in [-0.3, -0.25) is 0 Å². The van der Waals surface area contributed by atoms with Gasteiger partial charge in [0.2, 0.25) is 0 Å². The Labute approximate surface area is 701 Å². The summed E-state index contributed by atoms with van der Waals surface area (Å²) in [6, 6.07) is 134. The lowest BCUT2D eigenvalue weighted by atomic mass is 9.33. The number of hydrogen-bond donors (Lipinski definition) is 0. The van der Waals surface area contributed by atoms with Crippen molar-refractivity contribution in [2.75, 3.05) is 19.6 Å². The number of benzene rings is 16. The van der Waals surface area contributed by atoms with Gasteiger partial charge in [0, 0.05) is 56.4 Å². The van der Waals surface area contributed by atoms with Crippen LogP contribution >= 0.6 is 0 Å². The first-order valence-electron chi connectivity index (χ1n) is 41.9. The molecule has 16 aromatic carbocycles. The third kappa shape index (κ3) is 13.2. The van der Waals surface area contributed by atoms with Crippen LogP contribution in [0.1, 0.15) is 105 Å². The molecule has 0 unspecified atom stereocenters. The summed E-state index contributed by atoms with van der Waals surface area (Å²) in [6.07, 6.45) is 0. The lowest BCUT2D eigenvalue weighted by Gasteiger charge is -2.46. The Morgan fingerprint density at radius 2 is 0.487 bits per heavy atom. The summed E-state index contributed by atoms with van der Waals surface area (Å²) < 4.78 is 13.7. The van der Waals surface area contributed by atoms with Gasteiger partial charge in [0.1, 0.15) is 0 Å². The van der Waals surface area contributed by atoms with Crippen molar-refractivity contribution in [3.63, 3.8) is 0 Å². The van der Waals surface area contributed by atoms with E-state index in [9.17, 15) is 0 Å². The van der Waals surface area contributed by atoms with Crippen molar-refractivity contribution < 1.29 is 9.47 Å². The van der Waals surface area contributed by atoms with Crippen LogP contribution < -0.4 is 45.5 Å². The van der Waals surface area contributed by atoms with E-state index in [0.29, 0.717) is 0 Å². The highest BCUT2D eigenvalue weighted by Gasteiger charge is 2.47. The summed E-state index contributed by atoms with van der Waals surface area (Å²) in [4.78, 5) is 10.2. The van der Waals surface area contributed by atoms with Crippen LogP contribution in [-0.4, -0.2) is 6.71 Å². The molecule has 7 heteroatoms. The molecule has 0 saturated carbocycles. The summed E-state index contributed by atoms with van der Waals surface area (Å²) >= 11 is 0. The number of fused-ring (bicyclic) bond motifs is 8. The average molecular weight is 1540 g/mol. The van der Waals surface area contributed by atoms with E-state index in [4.69, 9.17) is 9.47 Å². The first-order valence-corrected chi connectivity index (χ1v) is 41.9. The molecular formula is C112H95BN4O2. The lowest BCUT2D eigenvalue weighted by molar-refractivity contribution is 0.477. The second kappa shape index (κ2) is 28.6. The molecule has 16 aromatic rings. The molecule has 0 saturated heterocycles. The molecule has 0 aromatic heterocycles. The Morgan fingerprint density at radius 1 is 0.202 bits per heavy atom. The first-order chi connectivity index (χ1) is 57.5. The van der Waals surface area contributed by atoms with E-state index in [2.05, 4.69) is 461 Å². The van der Waals surface area contributed by atoms with Gasteiger partial charge in [0.05, 0.1) is 34.1 Å². The van der Waals surface area contributed by atoms with Crippen molar-refractivity contribution in [1.29, 1.82) is 0 Å². The maximum Gasteiger partial charge on any atom is 0.252 e. The Kier molecular flexibility index (Phi) is 17.9. The third-order valence-corrected chi connectivity index (χ3v) is 24.6. The van der Waals surface area contributed by atoms with Crippen LogP contribution in [0.25, 0.3) is 77.9 Å². The van der Waals surface area contributed by atoms with Crippen molar-refractivity contribution in [3.8, 4) is 101 Å². The van der Waals surface area contributed by atoms with Crippen molar-refractivity contribution >= 4 is 91.3 Å². The standard InChI is InChI=1S/C112H95BN4O2/c1-109(2,3)82-62-79(63-83(68-82)110(4,5)6)75-40-30-42-77(60-75)90-46-32-44-88(73-36-18-14-19-37-73)107(90)116-98-70-86(114-94-48-22-26-52-102(94)118-103-53-27-23-49-95(103)114)56-58-92(98)113-93-59-57-87(115-96-50-24-28-54-104(96)119-105-55-29-25-51-97(105)115)71-99(93)117(101-67-81(66-100(116)106(101)113)72-34-16-13-17-35-72)108-89(74-38-20-15-21-39-74)45-33-47-91(108)78-43-31-41-76(61-78)80-64-84(111(7,8)9)69-85(65-80)112(10,11)12/h13-71H,1-12H3. The highest BCUT2D eigenvalue weighted by atomic mass is 16.5. The Morgan fingerprint density at radius 3 is 0.832 bits per heavy atom. The van der Waals surface area contributed by atoms with Crippen LogP contribution in [0.15, 0.2) is 358 Å². The van der Waals surface area contributed by atoms with E-state index in [1.54, 1.807) is 0 Å². The SMILES string of the molecule is CC(C)(C)c1cc(-c2cccc(-c3cccc(-c4ccccc4)c3N3c4cc(N5c6ccccc6Oc6ccccc65)ccc4B4c5ccc(N6c7ccccc7Oc7ccccc76)cc5N(c5c(-c6ccccc6)cccc5-c5cccc(-c6cc(C(C)(C)C)cc(C(C)(C)C)c6)c5)c5cc(-c6ccccc6)cc3c54)c2)cc(C(C)(C)C)c1. The molecule has 0 amide bonds. The predicted octanol–water partition coefficient (Wildman–Crippen LogP) is 29.8. The minimum Gasteiger partial charge on any atom is -0.453 e. The smallest absolute Gasteiger partial charge is 0.252 e. The van der Waals surface area contributed by atoms with Gasteiger partial charge in [-0.05, 0) is 213 Å². The Balaban J connectivity index is 0.926. The topological polar surface area (TPSA) is 31.4 Å². The Bertz CT molecular complexity index is 6160.